The molecule has 0 saturated heterocycles. The van der Waals surface area contributed by atoms with Crippen molar-refractivity contribution < 1.29 is 9.47 Å². The van der Waals surface area contributed by atoms with Crippen LogP contribution in [0, 0.1) is 16.7 Å². The molecule has 3 heteroatoms. The lowest BCUT2D eigenvalue weighted by Gasteiger charge is -2.14. The first-order valence-corrected chi connectivity index (χ1v) is 6.69. The quantitative estimate of drug-likeness (QED) is 0.666. The first-order valence-electron chi connectivity index (χ1n) is 6.69. The molecule has 0 fully saturated rings. The highest BCUT2D eigenvalue weighted by atomic mass is 16.5. The van der Waals surface area contributed by atoms with Crippen LogP contribution in [0.2, 0.25) is 0 Å². The molecular formula is C16H23NO2. The second-order valence-electron chi connectivity index (χ2n) is 5.36. The van der Waals surface area contributed by atoms with Crippen LogP contribution in [-0.2, 0) is 11.3 Å². The van der Waals surface area contributed by atoms with Crippen molar-refractivity contribution in [3.8, 4) is 11.8 Å². The van der Waals surface area contributed by atoms with Crippen molar-refractivity contribution in [2.24, 2.45) is 5.41 Å². The van der Waals surface area contributed by atoms with Gasteiger partial charge in [0.15, 0.2) is 0 Å². The Balaban J connectivity index is 2.16. The Morgan fingerprint density at radius 3 is 2.74 bits per heavy atom. The zero-order chi connectivity index (χ0) is 14.1. The summed E-state index contributed by atoms with van der Waals surface area (Å²) in [6.45, 7) is 5.30. The highest BCUT2D eigenvalue weighted by molar-refractivity contribution is 5.27. The maximum absolute atomic E-state index is 8.90. The van der Waals surface area contributed by atoms with Crippen molar-refractivity contribution in [2.45, 2.75) is 39.7 Å². The maximum atomic E-state index is 8.90. The Bertz CT molecular complexity index is 421. The van der Waals surface area contributed by atoms with Gasteiger partial charge < -0.3 is 9.47 Å². The second kappa shape index (κ2) is 7.81. The lowest BCUT2D eigenvalue weighted by Crippen LogP contribution is -2.07. The van der Waals surface area contributed by atoms with Gasteiger partial charge in [0.1, 0.15) is 5.75 Å². The summed E-state index contributed by atoms with van der Waals surface area (Å²) in [5.41, 5.74) is 0.906. The van der Waals surface area contributed by atoms with E-state index in [9.17, 15) is 0 Å². The fourth-order valence-corrected chi connectivity index (χ4v) is 1.78. The minimum absolute atomic E-state index is 0.215. The number of nitriles is 1. The molecule has 0 atom stereocenters. The molecule has 0 N–H and O–H groups in total. The van der Waals surface area contributed by atoms with Crippen LogP contribution in [0.25, 0.3) is 0 Å². The van der Waals surface area contributed by atoms with E-state index in [0.717, 1.165) is 37.2 Å². The van der Waals surface area contributed by atoms with Gasteiger partial charge in [0.25, 0.3) is 0 Å². The van der Waals surface area contributed by atoms with Gasteiger partial charge in [0, 0.05) is 6.61 Å². The zero-order valence-electron chi connectivity index (χ0n) is 12.1. The Kier molecular flexibility index (Phi) is 6.38. The van der Waals surface area contributed by atoms with E-state index in [1.807, 2.05) is 38.1 Å². The molecule has 0 heterocycles. The van der Waals surface area contributed by atoms with Gasteiger partial charge >= 0.3 is 0 Å². The maximum Gasteiger partial charge on any atom is 0.119 e. The van der Waals surface area contributed by atoms with Crippen molar-refractivity contribution in [3.63, 3.8) is 0 Å². The number of unbranched alkanes of at least 4 members (excludes halogenated alkanes) is 1. The van der Waals surface area contributed by atoms with Gasteiger partial charge in [0.05, 0.1) is 25.2 Å². The third-order valence-electron chi connectivity index (χ3n) is 3.05. The van der Waals surface area contributed by atoms with Gasteiger partial charge in [0.2, 0.25) is 0 Å². The van der Waals surface area contributed by atoms with Crippen LogP contribution in [0.4, 0.5) is 0 Å². The molecule has 1 aromatic carbocycles. The molecule has 0 spiro atoms. The number of methoxy groups -OCH3 is 1. The molecule has 1 aromatic rings. The first kappa shape index (κ1) is 15.5. The highest BCUT2D eigenvalue weighted by Gasteiger charge is 2.15. The van der Waals surface area contributed by atoms with E-state index in [0.29, 0.717) is 6.61 Å². The summed E-state index contributed by atoms with van der Waals surface area (Å²) in [4.78, 5) is 0. The van der Waals surface area contributed by atoms with Gasteiger partial charge in [-0.3, -0.25) is 0 Å². The summed E-state index contributed by atoms with van der Waals surface area (Å²) < 4.78 is 10.8. The van der Waals surface area contributed by atoms with E-state index >= 15 is 0 Å². The smallest absolute Gasteiger partial charge is 0.119 e. The molecule has 104 valence electrons. The van der Waals surface area contributed by atoms with Crippen LogP contribution in [0.3, 0.4) is 0 Å². The summed E-state index contributed by atoms with van der Waals surface area (Å²) >= 11 is 0. The van der Waals surface area contributed by atoms with Crippen molar-refractivity contribution in [2.75, 3.05) is 13.7 Å². The molecule has 0 aliphatic rings. The van der Waals surface area contributed by atoms with Gasteiger partial charge in [-0.25, -0.2) is 0 Å². The van der Waals surface area contributed by atoms with Gasteiger partial charge in [-0.2, -0.15) is 5.26 Å². The third-order valence-corrected chi connectivity index (χ3v) is 3.05. The average molecular weight is 261 g/mol. The summed E-state index contributed by atoms with van der Waals surface area (Å²) in [6, 6.07) is 10.2. The SMILES string of the molecule is COc1cccc(COCCCCC(C)(C)C#N)c1. The Morgan fingerprint density at radius 2 is 2.05 bits per heavy atom. The van der Waals surface area contributed by atoms with E-state index in [2.05, 4.69) is 6.07 Å². The zero-order valence-corrected chi connectivity index (χ0v) is 12.1. The largest absolute Gasteiger partial charge is 0.497 e. The van der Waals surface area contributed by atoms with E-state index < -0.39 is 0 Å². The molecule has 0 aliphatic heterocycles. The minimum atomic E-state index is -0.215. The monoisotopic (exact) mass is 261 g/mol. The predicted octanol–water partition coefficient (Wildman–Crippen LogP) is 3.93. The van der Waals surface area contributed by atoms with Gasteiger partial charge in [-0.05, 0) is 50.8 Å². The van der Waals surface area contributed by atoms with E-state index in [-0.39, 0.29) is 5.41 Å². The molecule has 3 nitrogen and oxygen atoms in total. The molecule has 0 saturated carbocycles. The van der Waals surface area contributed by atoms with Crippen molar-refractivity contribution in [1.82, 2.24) is 0 Å². The molecule has 0 radical (unpaired) electrons. The van der Waals surface area contributed by atoms with Crippen LogP contribution in [0.15, 0.2) is 24.3 Å². The number of nitrogens with zero attached hydrogens (tertiary/aromatic N) is 1. The van der Waals surface area contributed by atoms with Gasteiger partial charge in [-0.15, -0.1) is 0 Å². The van der Waals surface area contributed by atoms with Crippen LogP contribution in [0.1, 0.15) is 38.7 Å². The van der Waals surface area contributed by atoms with E-state index in [4.69, 9.17) is 14.7 Å². The Morgan fingerprint density at radius 1 is 1.26 bits per heavy atom. The minimum Gasteiger partial charge on any atom is -0.497 e. The lowest BCUT2D eigenvalue weighted by atomic mass is 9.89. The fourth-order valence-electron chi connectivity index (χ4n) is 1.78. The molecule has 0 aromatic heterocycles. The molecule has 0 bridgehead atoms. The van der Waals surface area contributed by atoms with Crippen LogP contribution < -0.4 is 4.74 Å². The normalized spacial score (nSPS) is 11.1. The Labute approximate surface area is 116 Å². The molecule has 0 unspecified atom stereocenters. The van der Waals surface area contributed by atoms with Crippen LogP contribution in [-0.4, -0.2) is 13.7 Å². The summed E-state index contributed by atoms with van der Waals surface area (Å²) in [5.74, 6) is 0.858. The van der Waals surface area contributed by atoms with Crippen molar-refractivity contribution in [1.29, 1.82) is 5.26 Å². The topological polar surface area (TPSA) is 42.2 Å². The van der Waals surface area contributed by atoms with E-state index in [1.54, 1.807) is 7.11 Å². The summed E-state index contributed by atoms with van der Waals surface area (Å²) in [6.07, 6.45) is 2.94. The van der Waals surface area contributed by atoms with Crippen molar-refractivity contribution in [3.05, 3.63) is 29.8 Å². The fraction of sp³-hybridized carbons (Fsp3) is 0.562. The molecule has 1 rings (SSSR count). The van der Waals surface area contributed by atoms with E-state index in [1.165, 1.54) is 0 Å². The molecule has 0 amide bonds. The van der Waals surface area contributed by atoms with Crippen LogP contribution in [0.5, 0.6) is 5.75 Å². The predicted molar refractivity (Wildman–Crippen MR) is 75.9 cm³/mol. The summed E-state index contributed by atoms with van der Waals surface area (Å²) in [7, 11) is 1.66. The first-order chi connectivity index (χ1) is 9.07. The third kappa shape index (κ3) is 6.26. The number of hydrogen-bond acceptors (Lipinski definition) is 3. The molecule has 0 aliphatic carbocycles. The average Bonchev–Trinajstić information content (AvgIpc) is 2.43. The molecular weight excluding hydrogens is 238 g/mol. The standard InChI is InChI=1S/C16H23NO2/c1-16(2,13-17)9-4-5-10-19-12-14-7-6-8-15(11-14)18-3/h6-8,11H,4-5,9-10,12H2,1-3H3. The number of ether oxygens (including phenoxy) is 2. The lowest BCUT2D eigenvalue weighted by molar-refractivity contribution is 0.115. The summed E-state index contributed by atoms with van der Waals surface area (Å²) in [5, 5.41) is 8.90. The van der Waals surface area contributed by atoms with Crippen molar-refractivity contribution >= 4 is 0 Å². The van der Waals surface area contributed by atoms with Gasteiger partial charge in [-0.1, -0.05) is 12.1 Å². The highest BCUT2D eigenvalue weighted by Crippen LogP contribution is 2.21. The Hall–Kier alpha value is -1.53. The number of benzene rings is 1. The molecule has 19 heavy (non-hydrogen) atoms. The number of rotatable bonds is 8. The number of hydrogen-bond donors (Lipinski definition) is 0. The second-order valence-corrected chi connectivity index (χ2v) is 5.36. The van der Waals surface area contributed by atoms with Crippen LogP contribution >= 0.6 is 0 Å².